The van der Waals surface area contributed by atoms with Crippen molar-refractivity contribution in [1.29, 1.82) is 0 Å². The van der Waals surface area contributed by atoms with Gasteiger partial charge >= 0.3 is 0 Å². The second kappa shape index (κ2) is 9.85. The van der Waals surface area contributed by atoms with E-state index < -0.39 is 0 Å². The Morgan fingerprint density at radius 1 is 1.00 bits per heavy atom. The summed E-state index contributed by atoms with van der Waals surface area (Å²) in [5.41, 5.74) is 3.96. The fourth-order valence-electron chi connectivity index (χ4n) is 3.36. The number of rotatable bonds is 7. The van der Waals surface area contributed by atoms with Crippen molar-refractivity contribution < 1.29 is 9.53 Å². The van der Waals surface area contributed by atoms with Gasteiger partial charge in [-0.05, 0) is 57.6 Å². The first-order valence-corrected chi connectivity index (χ1v) is 11.8. The smallest absolute Gasteiger partial charge is 0.277 e. The Hall–Kier alpha value is -3.39. The zero-order valence-corrected chi connectivity index (χ0v) is 21.3. The number of benzene rings is 2. The first kappa shape index (κ1) is 23.8. The van der Waals surface area contributed by atoms with Crippen LogP contribution in [0.5, 0.6) is 5.75 Å². The van der Waals surface area contributed by atoms with Gasteiger partial charge < -0.3 is 10.1 Å². The van der Waals surface area contributed by atoms with Crippen molar-refractivity contribution in [3.8, 4) is 5.75 Å². The van der Waals surface area contributed by atoms with E-state index in [-0.39, 0.29) is 23.7 Å². The van der Waals surface area contributed by atoms with Crippen LogP contribution in [0.4, 0.5) is 5.82 Å². The highest BCUT2D eigenvalue weighted by atomic mass is 79.9. The third kappa shape index (κ3) is 5.94. The Labute approximate surface area is 207 Å². The number of carbonyl (C=O) groups excluding carboxylic acids is 1. The van der Waals surface area contributed by atoms with Gasteiger partial charge in [-0.1, -0.05) is 62.7 Å². The molecule has 2 aromatic carbocycles. The van der Waals surface area contributed by atoms with Crippen LogP contribution < -0.4 is 10.1 Å². The number of nitrogens with one attached hydrogen (secondary N) is 1. The van der Waals surface area contributed by atoms with E-state index in [4.69, 9.17) is 4.74 Å². The largest absolute Gasteiger partial charge is 0.471 e. The van der Waals surface area contributed by atoms with Gasteiger partial charge in [0.05, 0.1) is 11.0 Å². The molecule has 8 heteroatoms. The number of amides is 1. The van der Waals surface area contributed by atoms with Crippen molar-refractivity contribution in [1.82, 2.24) is 19.6 Å². The molecule has 0 fully saturated rings. The molecule has 0 saturated heterocycles. The number of hydrogen-bond donors (Lipinski definition) is 1. The van der Waals surface area contributed by atoms with E-state index in [1.807, 2.05) is 18.3 Å². The lowest BCUT2D eigenvalue weighted by molar-refractivity contribution is 0.101. The molecule has 4 aromatic rings. The van der Waals surface area contributed by atoms with Crippen molar-refractivity contribution in [3.63, 3.8) is 0 Å². The molecule has 0 saturated carbocycles. The van der Waals surface area contributed by atoms with Crippen molar-refractivity contribution in [3.05, 3.63) is 93.8 Å². The van der Waals surface area contributed by atoms with Crippen LogP contribution in [0.3, 0.4) is 0 Å². The predicted molar refractivity (Wildman–Crippen MR) is 136 cm³/mol. The van der Waals surface area contributed by atoms with Crippen LogP contribution in [0.1, 0.15) is 48.0 Å². The topological polar surface area (TPSA) is 74.0 Å². The van der Waals surface area contributed by atoms with Crippen molar-refractivity contribution in [2.45, 2.75) is 46.4 Å². The molecule has 176 valence electrons. The van der Waals surface area contributed by atoms with E-state index in [1.54, 1.807) is 21.6 Å². The average molecular weight is 522 g/mol. The van der Waals surface area contributed by atoms with Crippen LogP contribution in [-0.4, -0.2) is 25.5 Å². The Morgan fingerprint density at radius 3 is 2.38 bits per heavy atom. The summed E-state index contributed by atoms with van der Waals surface area (Å²) in [6.07, 6.45) is 3.55. The summed E-state index contributed by atoms with van der Waals surface area (Å²) in [4.78, 5) is 12.7. The predicted octanol–water partition coefficient (Wildman–Crippen LogP) is 5.79. The molecule has 2 heterocycles. The normalized spacial score (nSPS) is 11.4. The van der Waals surface area contributed by atoms with Crippen LogP contribution in [0.25, 0.3) is 0 Å². The number of ether oxygens (including phenoxy) is 1. The van der Waals surface area contributed by atoms with E-state index in [1.165, 1.54) is 11.1 Å². The van der Waals surface area contributed by atoms with E-state index in [0.717, 1.165) is 11.3 Å². The number of carbonyl (C=O) groups is 1. The highest BCUT2D eigenvalue weighted by Crippen LogP contribution is 2.24. The average Bonchev–Trinajstić information content (AvgIpc) is 3.40. The maximum atomic E-state index is 12.7. The number of hydrogen-bond acceptors (Lipinski definition) is 4. The molecule has 0 spiro atoms. The molecular formula is C26H28BrN5O2. The fraction of sp³-hybridized carbons (Fsp3) is 0.269. The molecule has 0 atom stereocenters. The van der Waals surface area contributed by atoms with Gasteiger partial charge in [0.15, 0.2) is 18.2 Å². The summed E-state index contributed by atoms with van der Waals surface area (Å²) < 4.78 is 9.87. The minimum absolute atomic E-state index is 0.0915. The SMILES string of the molecule is Cc1ccc(Cn2cc(Br)c(NC(=O)c3ccn(COc4ccc(C(C)(C)C)cc4)n3)n2)cc1. The Bertz CT molecular complexity index is 1270. The Balaban J connectivity index is 1.34. The van der Waals surface area contributed by atoms with Gasteiger partial charge in [-0.2, -0.15) is 10.2 Å². The van der Waals surface area contributed by atoms with Crippen molar-refractivity contribution in [2.75, 3.05) is 5.32 Å². The molecule has 4 rings (SSSR count). The number of nitrogens with zero attached hydrogens (tertiary/aromatic N) is 4. The van der Waals surface area contributed by atoms with Gasteiger partial charge in [0, 0.05) is 12.4 Å². The molecule has 0 radical (unpaired) electrons. The highest BCUT2D eigenvalue weighted by molar-refractivity contribution is 9.10. The zero-order valence-electron chi connectivity index (χ0n) is 19.7. The maximum absolute atomic E-state index is 12.7. The van der Waals surface area contributed by atoms with E-state index in [9.17, 15) is 4.79 Å². The summed E-state index contributed by atoms with van der Waals surface area (Å²) in [6.45, 7) is 9.39. The minimum Gasteiger partial charge on any atom is -0.471 e. The monoisotopic (exact) mass is 521 g/mol. The molecule has 0 bridgehead atoms. The summed E-state index contributed by atoms with van der Waals surface area (Å²) in [6, 6.07) is 17.9. The van der Waals surface area contributed by atoms with Crippen LogP contribution in [0, 0.1) is 6.92 Å². The van der Waals surface area contributed by atoms with Crippen LogP contribution in [0.2, 0.25) is 0 Å². The van der Waals surface area contributed by atoms with E-state index in [2.05, 4.69) is 95.5 Å². The molecule has 7 nitrogen and oxygen atoms in total. The number of aryl methyl sites for hydroxylation is 1. The van der Waals surface area contributed by atoms with Crippen molar-refractivity contribution in [2.24, 2.45) is 0 Å². The van der Waals surface area contributed by atoms with E-state index >= 15 is 0 Å². The van der Waals surface area contributed by atoms with Gasteiger partial charge in [0.1, 0.15) is 5.75 Å². The van der Waals surface area contributed by atoms with Gasteiger partial charge in [0.2, 0.25) is 0 Å². The third-order valence-corrected chi connectivity index (χ3v) is 5.95. The summed E-state index contributed by atoms with van der Waals surface area (Å²) in [5, 5.41) is 11.6. The first-order valence-electron chi connectivity index (χ1n) is 11.0. The molecular weight excluding hydrogens is 494 g/mol. The molecule has 2 aromatic heterocycles. The lowest BCUT2D eigenvalue weighted by atomic mass is 9.87. The second-order valence-electron chi connectivity index (χ2n) is 9.25. The lowest BCUT2D eigenvalue weighted by Gasteiger charge is -2.19. The fourth-order valence-corrected chi connectivity index (χ4v) is 3.78. The second-order valence-corrected chi connectivity index (χ2v) is 10.1. The van der Waals surface area contributed by atoms with E-state index in [0.29, 0.717) is 16.8 Å². The van der Waals surface area contributed by atoms with Crippen LogP contribution in [0.15, 0.2) is 71.5 Å². The van der Waals surface area contributed by atoms with Gasteiger partial charge in [-0.15, -0.1) is 0 Å². The number of halogens is 1. The molecule has 0 aliphatic rings. The Morgan fingerprint density at radius 2 is 1.71 bits per heavy atom. The van der Waals surface area contributed by atoms with Crippen LogP contribution >= 0.6 is 15.9 Å². The van der Waals surface area contributed by atoms with Gasteiger partial charge in [0.25, 0.3) is 5.91 Å². The van der Waals surface area contributed by atoms with Crippen LogP contribution in [-0.2, 0) is 18.7 Å². The Kier molecular flexibility index (Phi) is 6.88. The summed E-state index contributed by atoms with van der Waals surface area (Å²) >= 11 is 3.47. The summed E-state index contributed by atoms with van der Waals surface area (Å²) in [7, 11) is 0. The maximum Gasteiger partial charge on any atom is 0.277 e. The molecule has 1 N–H and O–H groups in total. The van der Waals surface area contributed by atoms with Gasteiger partial charge in [-0.25, -0.2) is 4.68 Å². The standard InChI is InChI=1S/C26H28BrN5O2/c1-18-5-7-19(8-6-18)15-32-16-22(27)24(30-32)28-25(33)23-13-14-31(29-23)17-34-21-11-9-20(10-12-21)26(2,3)4/h5-14,16H,15,17H2,1-4H3,(H,28,30,33). The molecule has 34 heavy (non-hydrogen) atoms. The molecule has 0 unspecified atom stereocenters. The number of anilines is 1. The minimum atomic E-state index is -0.338. The molecule has 0 aliphatic carbocycles. The first-order chi connectivity index (χ1) is 16.2. The third-order valence-electron chi connectivity index (χ3n) is 5.37. The van der Waals surface area contributed by atoms with Crippen molar-refractivity contribution >= 4 is 27.7 Å². The molecule has 1 amide bonds. The highest BCUT2D eigenvalue weighted by Gasteiger charge is 2.15. The zero-order chi connectivity index (χ0) is 24.3. The van der Waals surface area contributed by atoms with Gasteiger partial charge in [-0.3, -0.25) is 9.48 Å². The lowest BCUT2D eigenvalue weighted by Crippen LogP contribution is -2.15. The quantitative estimate of drug-likeness (QED) is 0.334. The molecule has 0 aliphatic heterocycles. The number of aromatic nitrogens is 4. The summed E-state index contributed by atoms with van der Waals surface area (Å²) in [5.74, 6) is 0.856.